The molecule has 8 nitrogen and oxygen atoms in total. The molecule has 0 aliphatic heterocycles. The highest BCUT2D eigenvalue weighted by molar-refractivity contribution is 5.92. The van der Waals surface area contributed by atoms with Gasteiger partial charge in [-0.05, 0) is 43.3 Å². The van der Waals surface area contributed by atoms with Crippen molar-refractivity contribution in [3.63, 3.8) is 0 Å². The Morgan fingerprint density at radius 3 is 2.64 bits per heavy atom. The predicted molar refractivity (Wildman–Crippen MR) is 106 cm³/mol. The number of carbonyl (C=O) groups excluding carboxylic acids is 1. The Hall–Kier alpha value is -3.52. The summed E-state index contributed by atoms with van der Waals surface area (Å²) in [5.74, 6) is 0.738. The molecule has 0 bridgehead atoms. The fourth-order valence-electron chi connectivity index (χ4n) is 2.62. The number of ether oxygens (including phenoxy) is 1. The van der Waals surface area contributed by atoms with Crippen LogP contribution in [0.2, 0.25) is 0 Å². The molecule has 2 heterocycles. The quantitative estimate of drug-likeness (QED) is 0.574. The van der Waals surface area contributed by atoms with Gasteiger partial charge in [-0.3, -0.25) is 14.6 Å². The van der Waals surface area contributed by atoms with Gasteiger partial charge in [-0.25, -0.2) is 4.98 Å². The third-order valence-corrected chi connectivity index (χ3v) is 3.99. The molecule has 28 heavy (non-hydrogen) atoms. The number of H-pyrrole nitrogens is 1. The van der Waals surface area contributed by atoms with Crippen molar-refractivity contribution in [1.29, 1.82) is 0 Å². The molecule has 8 heteroatoms. The first-order chi connectivity index (χ1) is 13.6. The monoisotopic (exact) mass is 379 g/mol. The predicted octanol–water partition coefficient (Wildman–Crippen LogP) is 1.66. The third kappa shape index (κ3) is 4.80. The van der Waals surface area contributed by atoms with Crippen LogP contribution in [-0.2, 0) is 11.2 Å². The minimum Gasteiger partial charge on any atom is -0.492 e. The first-order valence-corrected chi connectivity index (χ1v) is 8.81. The van der Waals surface area contributed by atoms with Crippen LogP contribution in [0.1, 0.15) is 11.3 Å². The molecule has 3 rings (SSSR count). The van der Waals surface area contributed by atoms with Crippen LogP contribution in [0.4, 0.5) is 5.69 Å². The van der Waals surface area contributed by atoms with Crippen molar-refractivity contribution < 1.29 is 9.53 Å². The molecule has 144 valence electrons. The maximum Gasteiger partial charge on any atom is 0.255 e. The molecule has 4 N–H and O–H groups in total. The Morgan fingerprint density at radius 2 is 2.00 bits per heavy atom. The number of nitrogens with zero attached hydrogens (tertiary/aromatic N) is 2. The standard InChI is InChI=1S/C20H21N5O3/c1-13-16(20(27)25-19(23-13)17-4-2-3-10-22-17)12-18(26)24-14-5-7-15(8-6-14)28-11-9-21/h2-8,10H,9,11-12,21H2,1H3,(H,24,26)(H,23,25,27). The first-order valence-electron chi connectivity index (χ1n) is 8.81. The number of aromatic amines is 1. The number of pyridine rings is 1. The van der Waals surface area contributed by atoms with Gasteiger partial charge in [-0.1, -0.05) is 6.07 Å². The van der Waals surface area contributed by atoms with Gasteiger partial charge < -0.3 is 20.8 Å². The van der Waals surface area contributed by atoms with Crippen LogP contribution in [0.3, 0.4) is 0 Å². The van der Waals surface area contributed by atoms with Crippen LogP contribution < -0.4 is 21.3 Å². The van der Waals surface area contributed by atoms with Gasteiger partial charge >= 0.3 is 0 Å². The van der Waals surface area contributed by atoms with E-state index in [1.54, 1.807) is 49.5 Å². The smallest absolute Gasteiger partial charge is 0.255 e. The largest absolute Gasteiger partial charge is 0.492 e. The van der Waals surface area contributed by atoms with Crippen molar-refractivity contribution in [3.8, 4) is 17.3 Å². The molecule has 2 aromatic heterocycles. The van der Waals surface area contributed by atoms with Crippen LogP contribution in [0, 0.1) is 6.92 Å². The van der Waals surface area contributed by atoms with Crippen LogP contribution in [0.5, 0.6) is 5.75 Å². The Morgan fingerprint density at radius 1 is 1.21 bits per heavy atom. The zero-order chi connectivity index (χ0) is 19.9. The topological polar surface area (TPSA) is 123 Å². The number of aryl methyl sites for hydroxylation is 1. The van der Waals surface area contributed by atoms with Gasteiger partial charge in [0.2, 0.25) is 5.91 Å². The first kappa shape index (κ1) is 19.2. The molecule has 0 fully saturated rings. The Balaban J connectivity index is 1.69. The number of nitrogens with two attached hydrogens (primary N) is 1. The highest BCUT2D eigenvalue weighted by Crippen LogP contribution is 2.16. The fourth-order valence-corrected chi connectivity index (χ4v) is 2.62. The Bertz CT molecular complexity index is 1000. The van der Waals surface area contributed by atoms with E-state index in [0.717, 1.165) is 0 Å². The van der Waals surface area contributed by atoms with Crippen LogP contribution in [0.25, 0.3) is 11.5 Å². The molecule has 0 radical (unpaired) electrons. The van der Waals surface area contributed by atoms with E-state index in [-0.39, 0.29) is 17.9 Å². The number of carbonyl (C=O) groups is 1. The highest BCUT2D eigenvalue weighted by Gasteiger charge is 2.14. The molecular weight excluding hydrogens is 358 g/mol. The van der Waals surface area contributed by atoms with Gasteiger partial charge in [0.15, 0.2) is 5.82 Å². The lowest BCUT2D eigenvalue weighted by Gasteiger charge is -2.09. The van der Waals surface area contributed by atoms with Gasteiger partial charge in [-0.2, -0.15) is 0 Å². The van der Waals surface area contributed by atoms with Crippen LogP contribution in [0.15, 0.2) is 53.5 Å². The Labute approximate surface area is 161 Å². The van der Waals surface area contributed by atoms with Crippen molar-refractivity contribution in [1.82, 2.24) is 15.0 Å². The number of nitrogens with one attached hydrogen (secondary N) is 2. The molecular formula is C20H21N5O3. The number of anilines is 1. The van der Waals surface area contributed by atoms with Crippen molar-refractivity contribution in [2.75, 3.05) is 18.5 Å². The van der Waals surface area contributed by atoms with E-state index in [2.05, 4.69) is 20.3 Å². The molecule has 0 aliphatic carbocycles. The minimum atomic E-state index is -0.353. The summed E-state index contributed by atoms with van der Waals surface area (Å²) in [5.41, 5.74) is 7.02. The van der Waals surface area contributed by atoms with Gasteiger partial charge in [0.1, 0.15) is 18.1 Å². The summed E-state index contributed by atoms with van der Waals surface area (Å²) >= 11 is 0. The average Bonchev–Trinajstić information content (AvgIpc) is 2.70. The summed E-state index contributed by atoms with van der Waals surface area (Å²) in [7, 11) is 0. The van der Waals surface area contributed by atoms with Crippen molar-refractivity contribution in [2.24, 2.45) is 5.73 Å². The SMILES string of the molecule is Cc1nc(-c2ccccn2)[nH]c(=O)c1CC(=O)Nc1ccc(OCCN)cc1. The summed E-state index contributed by atoms with van der Waals surface area (Å²) in [4.78, 5) is 36.0. The number of amides is 1. The molecule has 0 saturated heterocycles. The summed E-state index contributed by atoms with van der Waals surface area (Å²) in [6, 6.07) is 12.3. The minimum absolute atomic E-state index is 0.0813. The van der Waals surface area contributed by atoms with E-state index in [0.29, 0.717) is 47.4 Å². The molecule has 0 aliphatic rings. The molecule has 1 aromatic carbocycles. The lowest BCUT2D eigenvalue weighted by molar-refractivity contribution is -0.115. The van der Waals surface area contributed by atoms with E-state index < -0.39 is 0 Å². The second kappa shape index (κ2) is 8.92. The number of hydrogen-bond acceptors (Lipinski definition) is 6. The maximum absolute atomic E-state index is 12.4. The lowest BCUT2D eigenvalue weighted by Crippen LogP contribution is -2.24. The van der Waals surface area contributed by atoms with E-state index >= 15 is 0 Å². The highest BCUT2D eigenvalue weighted by atomic mass is 16.5. The van der Waals surface area contributed by atoms with E-state index in [1.807, 2.05) is 6.07 Å². The molecule has 3 aromatic rings. The molecule has 1 amide bonds. The molecule has 0 saturated carbocycles. The van der Waals surface area contributed by atoms with E-state index in [1.165, 1.54) is 0 Å². The number of rotatable bonds is 7. The van der Waals surface area contributed by atoms with Gasteiger partial charge in [0, 0.05) is 29.7 Å². The number of benzene rings is 1. The number of hydrogen-bond donors (Lipinski definition) is 3. The summed E-state index contributed by atoms with van der Waals surface area (Å²) in [6.45, 7) is 2.56. The zero-order valence-electron chi connectivity index (χ0n) is 15.4. The van der Waals surface area contributed by atoms with Crippen molar-refractivity contribution >= 4 is 11.6 Å². The van der Waals surface area contributed by atoms with Crippen molar-refractivity contribution in [3.05, 3.63) is 70.3 Å². The maximum atomic E-state index is 12.4. The molecule has 0 spiro atoms. The van der Waals surface area contributed by atoms with Gasteiger partial charge in [0.05, 0.1) is 6.42 Å². The summed E-state index contributed by atoms with van der Waals surface area (Å²) in [6.07, 6.45) is 1.54. The fraction of sp³-hybridized carbons (Fsp3) is 0.200. The van der Waals surface area contributed by atoms with E-state index in [9.17, 15) is 9.59 Å². The second-order valence-electron chi connectivity index (χ2n) is 6.08. The third-order valence-electron chi connectivity index (χ3n) is 3.99. The summed E-state index contributed by atoms with van der Waals surface area (Å²) < 4.78 is 5.39. The van der Waals surface area contributed by atoms with E-state index in [4.69, 9.17) is 10.5 Å². The second-order valence-corrected chi connectivity index (χ2v) is 6.08. The number of aromatic nitrogens is 3. The van der Waals surface area contributed by atoms with Gasteiger partial charge in [-0.15, -0.1) is 0 Å². The van der Waals surface area contributed by atoms with Crippen LogP contribution in [-0.4, -0.2) is 34.0 Å². The molecule has 0 atom stereocenters. The Kier molecular flexibility index (Phi) is 6.13. The molecule has 0 unspecified atom stereocenters. The summed E-state index contributed by atoms with van der Waals surface area (Å²) in [5, 5.41) is 2.76. The average molecular weight is 379 g/mol. The van der Waals surface area contributed by atoms with Crippen molar-refractivity contribution in [2.45, 2.75) is 13.3 Å². The normalized spacial score (nSPS) is 10.5. The lowest BCUT2D eigenvalue weighted by atomic mass is 10.1. The van der Waals surface area contributed by atoms with Crippen LogP contribution >= 0.6 is 0 Å². The zero-order valence-corrected chi connectivity index (χ0v) is 15.4. The van der Waals surface area contributed by atoms with Gasteiger partial charge in [0.25, 0.3) is 5.56 Å².